The summed E-state index contributed by atoms with van der Waals surface area (Å²) < 4.78 is 59.8. The Labute approximate surface area is 216 Å². The number of carbonyl (C=O) groups is 2. The summed E-state index contributed by atoms with van der Waals surface area (Å²) in [5.74, 6) is -3.71. The molecule has 12 heteroatoms. The second kappa shape index (κ2) is 11.4. The highest BCUT2D eigenvalue weighted by Crippen LogP contribution is 2.37. The van der Waals surface area contributed by atoms with Crippen molar-refractivity contribution in [3.8, 4) is 6.07 Å². The van der Waals surface area contributed by atoms with Crippen LogP contribution < -0.4 is 5.32 Å². The molecule has 0 radical (unpaired) electrons. The molecule has 2 aromatic rings. The lowest BCUT2D eigenvalue weighted by molar-refractivity contribution is 0.0827. The van der Waals surface area contributed by atoms with E-state index in [1.54, 1.807) is 0 Å². The summed E-state index contributed by atoms with van der Waals surface area (Å²) in [6.07, 6.45) is -0.961. The third-order valence-corrected chi connectivity index (χ3v) is 7.06. The number of benzene rings is 2. The van der Waals surface area contributed by atoms with E-state index in [0.717, 1.165) is 29.2 Å². The van der Waals surface area contributed by atoms with Gasteiger partial charge in [-0.3, -0.25) is 0 Å². The second-order valence-electron chi connectivity index (χ2n) is 9.34. The molecule has 38 heavy (non-hydrogen) atoms. The van der Waals surface area contributed by atoms with E-state index in [4.69, 9.17) is 4.74 Å². The summed E-state index contributed by atoms with van der Waals surface area (Å²) in [4.78, 5) is 27.9. The Morgan fingerprint density at radius 1 is 1.11 bits per heavy atom. The molecule has 0 bridgehead atoms. The maximum absolute atomic E-state index is 14.3. The number of nitrogens with zero attached hydrogens (tertiary/aromatic N) is 3. The Hall–Kier alpha value is -3.69. The molecule has 2 aliphatic heterocycles. The molecule has 0 spiro atoms. The number of hydrogen-bond acceptors (Lipinski definition) is 6. The van der Waals surface area contributed by atoms with Crippen molar-refractivity contribution in [3.05, 3.63) is 70.8 Å². The molecule has 2 aliphatic rings. The minimum absolute atomic E-state index is 0.0934. The minimum atomic E-state index is -1.16. The van der Waals surface area contributed by atoms with E-state index in [1.807, 2.05) is 0 Å². The number of ether oxygens (including phenoxy) is 1. The fraction of sp³-hybridized carbons (Fsp3) is 0.423. The lowest BCUT2D eigenvalue weighted by atomic mass is 9.73. The molecule has 0 aliphatic carbocycles. The number of urea groups is 1. The number of hydrogen-bond donors (Lipinski definition) is 2. The maximum atomic E-state index is 14.3. The van der Waals surface area contributed by atoms with Gasteiger partial charge in [-0.1, -0.05) is 12.1 Å². The number of likely N-dealkylation sites (tertiary alicyclic amines) is 1. The lowest BCUT2D eigenvalue weighted by Gasteiger charge is -2.37. The normalized spacial score (nSPS) is 21.2. The first-order chi connectivity index (χ1) is 18.2. The summed E-state index contributed by atoms with van der Waals surface area (Å²) in [6, 6.07) is 6.41. The average Bonchev–Trinajstić information content (AvgIpc) is 3.25. The smallest absolute Gasteiger partial charge is 0.419 e. The lowest BCUT2D eigenvalue weighted by Crippen LogP contribution is -2.45. The zero-order valence-corrected chi connectivity index (χ0v) is 20.3. The van der Waals surface area contributed by atoms with Crippen LogP contribution in [-0.2, 0) is 10.2 Å². The van der Waals surface area contributed by atoms with Crippen LogP contribution in [0.15, 0.2) is 36.4 Å². The number of rotatable bonds is 7. The van der Waals surface area contributed by atoms with Crippen molar-refractivity contribution in [1.82, 2.24) is 15.1 Å². The number of carbonyl (C=O) groups excluding carboxylic acids is 2. The average molecular weight is 535 g/mol. The van der Waals surface area contributed by atoms with Gasteiger partial charge in [0.15, 0.2) is 17.7 Å². The number of aliphatic hydroxyl groups excluding tert-OH is 1. The predicted molar refractivity (Wildman–Crippen MR) is 126 cm³/mol. The van der Waals surface area contributed by atoms with Crippen LogP contribution in [0.25, 0.3) is 0 Å². The van der Waals surface area contributed by atoms with Crippen molar-refractivity contribution < 1.29 is 37.0 Å². The van der Waals surface area contributed by atoms with Gasteiger partial charge < -0.3 is 20.1 Å². The van der Waals surface area contributed by atoms with Crippen LogP contribution in [0.2, 0.25) is 0 Å². The van der Waals surface area contributed by atoms with E-state index in [0.29, 0.717) is 38.9 Å². The van der Waals surface area contributed by atoms with Crippen LogP contribution in [0.1, 0.15) is 36.4 Å². The Balaban J connectivity index is 1.31. The van der Waals surface area contributed by atoms with Gasteiger partial charge >= 0.3 is 12.1 Å². The predicted octanol–water partition coefficient (Wildman–Crippen LogP) is 3.75. The third kappa shape index (κ3) is 5.44. The maximum Gasteiger partial charge on any atom is 0.419 e. The highest BCUT2D eigenvalue weighted by molar-refractivity contribution is 5.93. The highest BCUT2D eigenvalue weighted by atomic mass is 19.2. The molecule has 0 unspecified atom stereocenters. The molecule has 2 fully saturated rings. The molecule has 2 aromatic carbocycles. The van der Waals surface area contributed by atoms with E-state index in [9.17, 15) is 37.5 Å². The van der Waals surface area contributed by atoms with Gasteiger partial charge in [-0.25, -0.2) is 32.1 Å². The first-order valence-corrected chi connectivity index (χ1v) is 12.1. The summed E-state index contributed by atoms with van der Waals surface area (Å²) in [6.45, 7) is 1.08. The molecule has 8 nitrogen and oxygen atoms in total. The zero-order chi connectivity index (χ0) is 27.4. The molecular weight excluding hydrogens is 508 g/mol. The van der Waals surface area contributed by atoms with E-state index < -0.39 is 59.6 Å². The molecule has 2 saturated heterocycles. The standard InChI is InChI=1S/C26H26F4N4O4/c27-17-3-4-18(20(29)13-17)26(15-31)6-10-33(11-7-26)9-1-8-32-24(36)34-23(22(14-35)38-25(34)37)16-2-5-19(28)21(30)12-16/h2-5,12-13,22-23,35H,1,6-11,14H2,(H,32,36)/t22-,23-/m0/s1. The second-order valence-corrected chi connectivity index (χ2v) is 9.34. The van der Waals surface area contributed by atoms with Gasteiger partial charge in [0.2, 0.25) is 0 Å². The zero-order valence-electron chi connectivity index (χ0n) is 20.3. The molecule has 0 saturated carbocycles. The summed E-state index contributed by atoms with van der Waals surface area (Å²) in [5.41, 5.74) is -0.769. The van der Waals surface area contributed by atoms with Crippen molar-refractivity contribution in [2.75, 3.05) is 32.8 Å². The number of amides is 3. The molecule has 2 atom stereocenters. The van der Waals surface area contributed by atoms with Crippen molar-refractivity contribution >= 4 is 12.1 Å². The number of nitriles is 1. The highest BCUT2D eigenvalue weighted by Gasteiger charge is 2.46. The molecule has 4 rings (SSSR count). The van der Waals surface area contributed by atoms with Crippen molar-refractivity contribution in [1.29, 1.82) is 5.26 Å². The summed E-state index contributed by atoms with van der Waals surface area (Å²) in [7, 11) is 0. The van der Waals surface area contributed by atoms with Crippen LogP contribution in [0.3, 0.4) is 0 Å². The van der Waals surface area contributed by atoms with E-state index in [2.05, 4.69) is 16.3 Å². The first kappa shape index (κ1) is 27.3. The van der Waals surface area contributed by atoms with Crippen molar-refractivity contribution in [2.24, 2.45) is 0 Å². The monoisotopic (exact) mass is 534 g/mol. The third-order valence-electron chi connectivity index (χ3n) is 7.06. The topological polar surface area (TPSA) is 106 Å². The number of imide groups is 1. The number of aliphatic hydroxyl groups is 1. The summed E-state index contributed by atoms with van der Waals surface area (Å²) in [5, 5.41) is 22.0. The number of nitrogens with one attached hydrogen (secondary N) is 1. The Kier molecular flexibility index (Phi) is 8.18. The number of piperidine rings is 1. The Morgan fingerprint density at radius 2 is 1.84 bits per heavy atom. The van der Waals surface area contributed by atoms with Crippen molar-refractivity contribution in [3.63, 3.8) is 0 Å². The van der Waals surface area contributed by atoms with Gasteiger partial charge in [0.1, 0.15) is 17.7 Å². The van der Waals surface area contributed by atoms with Gasteiger partial charge in [-0.15, -0.1) is 0 Å². The van der Waals surface area contributed by atoms with Gasteiger partial charge in [0.25, 0.3) is 0 Å². The van der Waals surface area contributed by atoms with Crippen LogP contribution in [0.5, 0.6) is 0 Å². The van der Waals surface area contributed by atoms with Gasteiger partial charge in [0, 0.05) is 18.2 Å². The molecular formula is C26H26F4N4O4. The number of halogens is 4. The SMILES string of the molecule is N#CC1(c2ccc(F)cc2F)CCN(CCCNC(=O)N2C(=O)O[C@@H](CO)[C@@H]2c2ccc(F)c(F)c2)CC1. The Bertz CT molecular complexity index is 1250. The molecule has 2 N–H and O–H groups in total. The number of cyclic esters (lactones) is 1. The van der Waals surface area contributed by atoms with Crippen LogP contribution in [0.4, 0.5) is 27.2 Å². The molecule has 3 amide bonds. The molecule has 202 valence electrons. The van der Waals surface area contributed by atoms with E-state index in [1.165, 1.54) is 12.1 Å². The van der Waals surface area contributed by atoms with Gasteiger partial charge in [-0.2, -0.15) is 5.26 Å². The first-order valence-electron chi connectivity index (χ1n) is 12.1. The quantitative estimate of drug-likeness (QED) is 0.414. The van der Waals surface area contributed by atoms with Gasteiger partial charge in [0.05, 0.1) is 18.1 Å². The van der Waals surface area contributed by atoms with Crippen LogP contribution in [-0.4, -0.2) is 65.9 Å². The Morgan fingerprint density at radius 3 is 2.47 bits per heavy atom. The molecule has 2 heterocycles. The fourth-order valence-electron chi connectivity index (χ4n) is 5.00. The van der Waals surface area contributed by atoms with Crippen LogP contribution >= 0.6 is 0 Å². The molecule has 0 aromatic heterocycles. The van der Waals surface area contributed by atoms with E-state index >= 15 is 0 Å². The van der Waals surface area contributed by atoms with E-state index in [-0.39, 0.29) is 17.7 Å². The fourth-order valence-corrected chi connectivity index (χ4v) is 5.00. The minimum Gasteiger partial charge on any atom is -0.441 e. The van der Waals surface area contributed by atoms with Gasteiger partial charge in [-0.05, 0) is 62.7 Å². The van der Waals surface area contributed by atoms with Crippen molar-refractivity contribution in [2.45, 2.75) is 36.8 Å². The summed E-state index contributed by atoms with van der Waals surface area (Å²) >= 11 is 0. The largest absolute Gasteiger partial charge is 0.441 e. The van der Waals surface area contributed by atoms with Crippen LogP contribution in [0, 0.1) is 34.6 Å².